The zero-order valence-corrected chi connectivity index (χ0v) is 25.6. The number of carbonyl (C=O) groups is 1. The summed E-state index contributed by atoms with van der Waals surface area (Å²) in [6.45, 7) is 4.92. The molecule has 42 heavy (non-hydrogen) atoms. The van der Waals surface area contributed by atoms with Gasteiger partial charge in [-0.05, 0) is 86.9 Å². The van der Waals surface area contributed by atoms with Gasteiger partial charge in [-0.25, -0.2) is 4.98 Å². The summed E-state index contributed by atoms with van der Waals surface area (Å²) in [6.07, 6.45) is 8.76. The smallest absolute Gasteiger partial charge is 0.227 e. The summed E-state index contributed by atoms with van der Waals surface area (Å²) < 4.78 is 5.21. The number of halogens is 2. The zero-order chi connectivity index (χ0) is 29.1. The molecule has 10 heteroatoms. The molecule has 2 saturated heterocycles. The summed E-state index contributed by atoms with van der Waals surface area (Å²) in [7, 11) is 1.65. The number of anilines is 1. The molecular formula is C32H38Cl2N6O2. The van der Waals surface area contributed by atoms with Crippen molar-refractivity contribution in [3.8, 4) is 17.1 Å². The van der Waals surface area contributed by atoms with Gasteiger partial charge in [0, 0.05) is 66.6 Å². The fraction of sp³-hybridized carbons (Fsp3) is 0.500. The van der Waals surface area contributed by atoms with E-state index < -0.39 is 0 Å². The molecule has 2 aliphatic heterocycles. The standard InChI is InChI=1S/C32H38Cl2N6O2/c1-42-31-11-6-23(20-35-31)22-4-7-28(8-5-22)40-12-2-3-24(21-40)32(41)39-15-13-38(14-16-39)30-10-9-29(36-37-30)25-17-26(33)19-27(34)18-25/h6,9-11,17-20,22,24,28H,2-5,7-8,12-16,21H2,1H3. The van der Waals surface area contributed by atoms with Crippen LogP contribution in [0.4, 0.5) is 5.82 Å². The predicted molar refractivity (Wildman–Crippen MR) is 166 cm³/mol. The van der Waals surface area contributed by atoms with Gasteiger partial charge in [0.15, 0.2) is 5.82 Å². The van der Waals surface area contributed by atoms with Gasteiger partial charge in [-0.15, -0.1) is 10.2 Å². The number of pyridine rings is 1. The number of hydrogen-bond donors (Lipinski definition) is 0. The first-order valence-electron chi connectivity index (χ1n) is 15.0. The van der Waals surface area contributed by atoms with Crippen molar-refractivity contribution in [1.29, 1.82) is 0 Å². The quantitative estimate of drug-likeness (QED) is 0.343. The van der Waals surface area contributed by atoms with Gasteiger partial charge >= 0.3 is 0 Å². The number of rotatable bonds is 6. The van der Waals surface area contributed by atoms with Crippen LogP contribution in [-0.4, -0.2) is 83.3 Å². The number of nitrogens with zero attached hydrogens (tertiary/aromatic N) is 6. The minimum atomic E-state index is 0.0948. The Hall–Kier alpha value is -2.94. The molecular weight excluding hydrogens is 571 g/mol. The van der Waals surface area contributed by atoms with Crippen molar-refractivity contribution in [2.24, 2.45) is 5.92 Å². The normalized spacial score (nSPS) is 23.5. The van der Waals surface area contributed by atoms with E-state index in [0.717, 1.165) is 56.1 Å². The first kappa shape index (κ1) is 29.1. The molecule has 3 aromatic rings. The lowest BCUT2D eigenvalue weighted by molar-refractivity contribution is -0.138. The van der Waals surface area contributed by atoms with E-state index in [2.05, 4.69) is 35.9 Å². The Kier molecular flexibility index (Phi) is 9.12. The molecule has 0 N–H and O–H groups in total. The van der Waals surface area contributed by atoms with Gasteiger partial charge in [-0.1, -0.05) is 29.3 Å². The van der Waals surface area contributed by atoms with E-state index in [1.54, 1.807) is 13.2 Å². The minimum absolute atomic E-state index is 0.0948. The Balaban J connectivity index is 0.985. The van der Waals surface area contributed by atoms with Crippen molar-refractivity contribution in [2.45, 2.75) is 50.5 Å². The average Bonchev–Trinajstić information content (AvgIpc) is 3.04. The lowest BCUT2D eigenvalue weighted by atomic mass is 9.81. The second-order valence-electron chi connectivity index (χ2n) is 11.7. The number of ether oxygens (including phenoxy) is 1. The van der Waals surface area contributed by atoms with Gasteiger partial charge < -0.3 is 14.5 Å². The average molecular weight is 610 g/mol. The van der Waals surface area contributed by atoms with Crippen LogP contribution in [0.2, 0.25) is 10.0 Å². The first-order valence-corrected chi connectivity index (χ1v) is 15.8. The maximum absolute atomic E-state index is 13.6. The highest BCUT2D eigenvalue weighted by molar-refractivity contribution is 6.35. The Morgan fingerprint density at radius 3 is 2.29 bits per heavy atom. The predicted octanol–water partition coefficient (Wildman–Crippen LogP) is 5.94. The summed E-state index contributed by atoms with van der Waals surface area (Å²) in [5, 5.41) is 10.0. The Morgan fingerprint density at radius 1 is 0.881 bits per heavy atom. The molecule has 222 valence electrons. The molecule has 3 aliphatic rings. The second kappa shape index (κ2) is 13.1. The lowest BCUT2D eigenvalue weighted by Gasteiger charge is -2.43. The van der Waals surface area contributed by atoms with E-state index in [1.807, 2.05) is 36.5 Å². The Morgan fingerprint density at radius 2 is 1.64 bits per heavy atom. The molecule has 1 saturated carbocycles. The van der Waals surface area contributed by atoms with Crippen LogP contribution in [0.5, 0.6) is 5.88 Å². The molecule has 1 aliphatic carbocycles. The number of methoxy groups -OCH3 is 1. The lowest BCUT2D eigenvalue weighted by Crippen LogP contribution is -2.53. The number of likely N-dealkylation sites (tertiary alicyclic amines) is 1. The molecule has 0 radical (unpaired) electrons. The third kappa shape index (κ3) is 6.66. The number of amides is 1. The van der Waals surface area contributed by atoms with E-state index in [9.17, 15) is 4.79 Å². The number of piperazine rings is 1. The van der Waals surface area contributed by atoms with Crippen LogP contribution < -0.4 is 9.64 Å². The van der Waals surface area contributed by atoms with E-state index in [1.165, 1.54) is 31.2 Å². The van der Waals surface area contributed by atoms with E-state index in [-0.39, 0.29) is 5.92 Å². The van der Waals surface area contributed by atoms with Gasteiger partial charge in [0.25, 0.3) is 0 Å². The van der Waals surface area contributed by atoms with E-state index in [0.29, 0.717) is 46.9 Å². The number of aromatic nitrogens is 3. The largest absolute Gasteiger partial charge is 0.481 e. The van der Waals surface area contributed by atoms with Gasteiger partial charge in [0.05, 0.1) is 18.7 Å². The second-order valence-corrected chi connectivity index (χ2v) is 12.6. The summed E-state index contributed by atoms with van der Waals surface area (Å²) in [5.74, 6) is 2.47. The molecule has 6 rings (SSSR count). The SMILES string of the molecule is COc1ccc(C2CCC(N3CCCC(C(=O)N4CCN(c5ccc(-c6cc(Cl)cc(Cl)c6)nn5)CC4)C3)CC2)cn1. The Bertz CT molecular complexity index is 1340. The number of carbonyl (C=O) groups excluding carboxylic acids is 1. The first-order chi connectivity index (χ1) is 20.5. The number of benzene rings is 1. The number of piperidine rings is 1. The highest BCUT2D eigenvalue weighted by atomic mass is 35.5. The van der Waals surface area contributed by atoms with Crippen molar-refractivity contribution < 1.29 is 9.53 Å². The highest BCUT2D eigenvalue weighted by Gasteiger charge is 2.35. The molecule has 1 aromatic carbocycles. The van der Waals surface area contributed by atoms with Crippen molar-refractivity contribution in [2.75, 3.05) is 51.3 Å². The van der Waals surface area contributed by atoms with Gasteiger partial charge in [0.1, 0.15) is 0 Å². The van der Waals surface area contributed by atoms with E-state index >= 15 is 0 Å². The maximum Gasteiger partial charge on any atom is 0.227 e. The van der Waals surface area contributed by atoms with Crippen LogP contribution in [0.1, 0.15) is 50.0 Å². The molecule has 0 bridgehead atoms. The van der Waals surface area contributed by atoms with Crippen molar-refractivity contribution in [3.05, 3.63) is 64.3 Å². The summed E-state index contributed by atoms with van der Waals surface area (Å²) in [4.78, 5) is 24.9. The minimum Gasteiger partial charge on any atom is -0.481 e. The monoisotopic (exact) mass is 608 g/mol. The maximum atomic E-state index is 13.6. The molecule has 1 amide bonds. The summed E-state index contributed by atoms with van der Waals surface area (Å²) in [6, 6.07) is 14.0. The van der Waals surface area contributed by atoms with Crippen molar-refractivity contribution in [1.82, 2.24) is 25.0 Å². The molecule has 1 atom stereocenters. The summed E-state index contributed by atoms with van der Waals surface area (Å²) >= 11 is 12.3. The van der Waals surface area contributed by atoms with Crippen LogP contribution in [0.3, 0.4) is 0 Å². The summed E-state index contributed by atoms with van der Waals surface area (Å²) in [5.41, 5.74) is 2.88. The van der Waals surface area contributed by atoms with Gasteiger partial charge in [-0.2, -0.15) is 0 Å². The fourth-order valence-corrected chi connectivity index (χ4v) is 7.36. The molecule has 0 spiro atoms. The van der Waals surface area contributed by atoms with Crippen LogP contribution in [0.15, 0.2) is 48.7 Å². The Labute approximate surface area is 258 Å². The third-order valence-corrected chi connectivity index (χ3v) is 9.62. The highest BCUT2D eigenvalue weighted by Crippen LogP contribution is 2.36. The van der Waals surface area contributed by atoms with Crippen LogP contribution >= 0.6 is 23.2 Å². The van der Waals surface area contributed by atoms with Crippen LogP contribution in [0, 0.1) is 5.92 Å². The fourth-order valence-electron chi connectivity index (χ4n) is 6.83. The molecule has 8 nitrogen and oxygen atoms in total. The number of hydrogen-bond acceptors (Lipinski definition) is 7. The van der Waals surface area contributed by atoms with Gasteiger partial charge in [0.2, 0.25) is 11.8 Å². The van der Waals surface area contributed by atoms with Crippen LogP contribution in [0.25, 0.3) is 11.3 Å². The third-order valence-electron chi connectivity index (χ3n) is 9.18. The molecule has 2 aromatic heterocycles. The molecule has 3 fully saturated rings. The zero-order valence-electron chi connectivity index (χ0n) is 24.1. The molecule has 1 unspecified atom stereocenters. The van der Waals surface area contributed by atoms with Gasteiger partial charge in [-0.3, -0.25) is 9.69 Å². The topological polar surface area (TPSA) is 74.7 Å². The van der Waals surface area contributed by atoms with Crippen molar-refractivity contribution >= 4 is 34.9 Å². The van der Waals surface area contributed by atoms with Crippen LogP contribution in [-0.2, 0) is 4.79 Å². The molecule has 4 heterocycles. The van der Waals surface area contributed by atoms with E-state index in [4.69, 9.17) is 27.9 Å². The van der Waals surface area contributed by atoms with Crippen molar-refractivity contribution in [3.63, 3.8) is 0 Å².